The third kappa shape index (κ3) is 2.35. The highest BCUT2D eigenvalue weighted by atomic mass is 35.5. The zero-order valence-electron chi connectivity index (χ0n) is 13.1. The molecular weight excluding hydrogens is 326 g/mol. The fourth-order valence-corrected chi connectivity index (χ4v) is 3.96. The van der Waals surface area contributed by atoms with E-state index in [4.69, 9.17) is 21.1 Å². The van der Waals surface area contributed by atoms with Gasteiger partial charge in [-0.1, -0.05) is 41.9 Å². The lowest BCUT2D eigenvalue weighted by molar-refractivity contribution is -0.214. The number of nitrogens with zero attached hydrogens (tertiary/aromatic N) is 1. The Kier molecular flexibility index (Phi) is 3.23. The second kappa shape index (κ2) is 5.34. The molecule has 5 nitrogen and oxygen atoms in total. The predicted molar refractivity (Wildman–Crippen MR) is 93.1 cm³/mol. The molecule has 124 valence electrons. The number of nitrogens with one attached hydrogen (secondary N) is 2. The summed E-state index contributed by atoms with van der Waals surface area (Å²) >= 11 is 6.41. The van der Waals surface area contributed by atoms with E-state index >= 15 is 0 Å². The van der Waals surface area contributed by atoms with Gasteiger partial charge in [-0.2, -0.15) is 0 Å². The standard InChI is InChI=1S/C18H18ClN3O2/c19-13-6-14-16(21-15(13)11-4-2-1-3-5-11)22-17(20-14)24-12-7-18(8-12)9-23-10-18/h1-6,12,17,20H,7-10H2,(H,21,22). The highest BCUT2D eigenvalue weighted by Gasteiger charge is 2.51. The highest BCUT2D eigenvalue weighted by Crippen LogP contribution is 2.49. The van der Waals surface area contributed by atoms with Crippen molar-refractivity contribution in [3.05, 3.63) is 41.4 Å². The van der Waals surface area contributed by atoms with Crippen LogP contribution in [0.2, 0.25) is 5.02 Å². The molecule has 2 aliphatic heterocycles. The van der Waals surface area contributed by atoms with E-state index in [0.29, 0.717) is 10.4 Å². The van der Waals surface area contributed by atoms with Gasteiger partial charge in [0.2, 0.25) is 6.35 Å². The van der Waals surface area contributed by atoms with Gasteiger partial charge in [0, 0.05) is 11.0 Å². The minimum absolute atomic E-state index is 0.252. The second-order valence-corrected chi connectivity index (χ2v) is 7.32. The van der Waals surface area contributed by atoms with Gasteiger partial charge in [0.1, 0.15) is 0 Å². The maximum absolute atomic E-state index is 6.41. The zero-order chi connectivity index (χ0) is 16.1. The van der Waals surface area contributed by atoms with Crippen molar-refractivity contribution in [1.82, 2.24) is 4.98 Å². The third-order valence-electron chi connectivity index (χ3n) is 5.04. The van der Waals surface area contributed by atoms with Gasteiger partial charge in [-0.05, 0) is 18.9 Å². The van der Waals surface area contributed by atoms with E-state index in [1.165, 1.54) is 0 Å². The Labute approximate surface area is 145 Å². The summed E-state index contributed by atoms with van der Waals surface area (Å²) in [4.78, 5) is 4.67. The van der Waals surface area contributed by atoms with Crippen LogP contribution in [0.1, 0.15) is 12.8 Å². The van der Waals surface area contributed by atoms with Crippen LogP contribution >= 0.6 is 11.6 Å². The molecule has 1 aromatic carbocycles. The van der Waals surface area contributed by atoms with Gasteiger partial charge in [0.25, 0.3) is 0 Å². The number of anilines is 2. The number of benzene rings is 1. The topological polar surface area (TPSA) is 55.4 Å². The molecule has 1 saturated heterocycles. The van der Waals surface area contributed by atoms with Crippen molar-refractivity contribution in [3.8, 4) is 11.3 Å². The van der Waals surface area contributed by atoms with Crippen LogP contribution in [0, 0.1) is 5.41 Å². The number of hydrogen-bond donors (Lipinski definition) is 2. The molecule has 3 aliphatic rings. The lowest BCUT2D eigenvalue weighted by Gasteiger charge is -2.53. The number of halogens is 1. The molecule has 1 spiro atoms. The summed E-state index contributed by atoms with van der Waals surface area (Å²) in [6, 6.07) is 11.9. The van der Waals surface area contributed by atoms with Crippen LogP contribution in [0.25, 0.3) is 11.3 Å². The van der Waals surface area contributed by atoms with Gasteiger partial charge in [-0.3, -0.25) is 0 Å². The van der Waals surface area contributed by atoms with E-state index in [-0.39, 0.29) is 12.5 Å². The van der Waals surface area contributed by atoms with Gasteiger partial charge in [0.15, 0.2) is 5.82 Å². The summed E-state index contributed by atoms with van der Waals surface area (Å²) in [5.41, 5.74) is 3.06. The Morgan fingerprint density at radius 2 is 1.96 bits per heavy atom. The van der Waals surface area contributed by atoms with Crippen molar-refractivity contribution in [2.75, 3.05) is 23.8 Å². The molecular formula is C18H18ClN3O2. The Hall–Kier alpha value is -1.82. The van der Waals surface area contributed by atoms with Crippen molar-refractivity contribution >= 4 is 23.1 Å². The Bertz CT molecular complexity index is 771. The van der Waals surface area contributed by atoms with Crippen molar-refractivity contribution < 1.29 is 9.47 Å². The predicted octanol–water partition coefficient (Wildman–Crippen LogP) is 3.72. The smallest absolute Gasteiger partial charge is 0.206 e. The van der Waals surface area contributed by atoms with Crippen molar-refractivity contribution in [2.45, 2.75) is 25.3 Å². The molecule has 1 saturated carbocycles. The van der Waals surface area contributed by atoms with E-state index in [9.17, 15) is 0 Å². The lowest BCUT2D eigenvalue weighted by atomic mass is 9.65. The number of rotatable bonds is 3. The molecule has 6 heteroatoms. The van der Waals surface area contributed by atoms with Crippen molar-refractivity contribution in [1.29, 1.82) is 0 Å². The highest BCUT2D eigenvalue weighted by molar-refractivity contribution is 6.33. The van der Waals surface area contributed by atoms with Crippen LogP contribution in [-0.2, 0) is 9.47 Å². The first-order chi connectivity index (χ1) is 11.7. The minimum Gasteiger partial charge on any atom is -0.380 e. The molecule has 2 N–H and O–H groups in total. The molecule has 2 fully saturated rings. The van der Waals surface area contributed by atoms with Gasteiger partial charge in [-0.15, -0.1) is 0 Å². The number of aromatic nitrogens is 1. The van der Waals surface area contributed by atoms with Crippen LogP contribution < -0.4 is 10.6 Å². The van der Waals surface area contributed by atoms with Gasteiger partial charge >= 0.3 is 0 Å². The van der Waals surface area contributed by atoms with Crippen LogP contribution in [0.4, 0.5) is 11.5 Å². The number of ether oxygens (including phenoxy) is 2. The average molecular weight is 344 g/mol. The molecule has 0 amide bonds. The first kappa shape index (κ1) is 14.5. The zero-order valence-corrected chi connectivity index (χ0v) is 13.8. The Balaban J connectivity index is 1.30. The third-order valence-corrected chi connectivity index (χ3v) is 5.33. The molecule has 0 bridgehead atoms. The summed E-state index contributed by atoms with van der Waals surface area (Å²) in [5.74, 6) is 0.782. The molecule has 24 heavy (non-hydrogen) atoms. The molecule has 1 atom stereocenters. The molecule has 1 unspecified atom stereocenters. The average Bonchev–Trinajstić information content (AvgIpc) is 2.90. The summed E-state index contributed by atoms with van der Waals surface area (Å²) in [7, 11) is 0. The molecule has 1 aromatic heterocycles. The largest absolute Gasteiger partial charge is 0.380 e. The van der Waals surface area contributed by atoms with Gasteiger partial charge in [-0.25, -0.2) is 4.98 Å². The Morgan fingerprint density at radius 3 is 2.67 bits per heavy atom. The van der Waals surface area contributed by atoms with E-state index < -0.39 is 0 Å². The normalized spacial score (nSPS) is 23.8. The van der Waals surface area contributed by atoms with Crippen LogP contribution in [0.3, 0.4) is 0 Å². The maximum atomic E-state index is 6.41. The SMILES string of the molecule is Clc1cc2c(nc1-c1ccccc1)NC(OC1CC3(COC3)C1)N2. The lowest BCUT2D eigenvalue weighted by Crippen LogP contribution is -2.56. The fraction of sp³-hybridized carbons (Fsp3) is 0.389. The Morgan fingerprint density at radius 1 is 1.17 bits per heavy atom. The van der Waals surface area contributed by atoms with E-state index in [1.807, 2.05) is 36.4 Å². The van der Waals surface area contributed by atoms with Gasteiger partial charge < -0.3 is 20.1 Å². The molecule has 3 heterocycles. The number of hydrogen-bond acceptors (Lipinski definition) is 5. The molecule has 5 rings (SSSR count). The van der Waals surface area contributed by atoms with Crippen molar-refractivity contribution in [3.63, 3.8) is 0 Å². The number of pyridine rings is 1. The molecule has 2 aromatic rings. The van der Waals surface area contributed by atoms with Crippen LogP contribution in [-0.4, -0.2) is 30.7 Å². The van der Waals surface area contributed by atoms with Crippen molar-refractivity contribution in [2.24, 2.45) is 5.41 Å². The fourth-order valence-electron chi connectivity index (χ4n) is 3.70. The summed E-state index contributed by atoms with van der Waals surface area (Å²) in [5, 5.41) is 7.23. The van der Waals surface area contributed by atoms with E-state index in [1.54, 1.807) is 0 Å². The second-order valence-electron chi connectivity index (χ2n) is 6.91. The quantitative estimate of drug-likeness (QED) is 0.889. The maximum Gasteiger partial charge on any atom is 0.206 e. The first-order valence-corrected chi connectivity index (χ1v) is 8.61. The summed E-state index contributed by atoms with van der Waals surface area (Å²) < 4.78 is 11.4. The van der Waals surface area contributed by atoms with Crippen LogP contribution in [0.15, 0.2) is 36.4 Å². The van der Waals surface area contributed by atoms with E-state index in [2.05, 4.69) is 15.6 Å². The summed E-state index contributed by atoms with van der Waals surface area (Å²) in [6.07, 6.45) is 2.18. The summed E-state index contributed by atoms with van der Waals surface area (Å²) in [6.45, 7) is 1.77. The molecule has 1 aliphatic carbocycles. The van der Waals surface area contributed by atoms with E-state index in [0.717, 1.165) is 48.8 Å². The number of fused-ring (bicyclic) bond motifs is 1. The molecule has 0 radical (unpaired) electrons. The van der Waals surface area contributed by atoms with Gasteiger partial charge in [0.05, 0.1) is 35.7 Å². The minimum atomic E-state index is -0.252. The van der Waals surface area contributed by atoms with Crippen LogP contribution in [0.5, 0.6) is 0 Å². The monoisotopic (exact) mass is 343 g/mol. The first-order valence-electron chi connectivity index (χ1n) is 8.23.